The Morgan fingerprint density at radius 2 is 1.89 bits per heavy atom. The minimum Gasteiger partial charge on any atom is -0.478 e. The molecule has 0 bridgehead atoms. The lowest BCUT2D eigenvalue weighted by molar-refractivity contribution is 0.0693. The van der Waals surface area contributed by atoms with Crippen molar-refractivity contribution >= 4 is 23.4 Å². The number of nitrogens with two attached hydrogens (primary N) is 1. The highest BCUT2D eigenvalue weighted by Crippen LogP contribution is 2.34. The van der Waals surface area contributed by atoms with Crippen molar-refractivity contribution in [2.45, 2.75) is 16.7 Å². The summed E-state index contributed by atoms with van der Waals surface area (Å²) < 4.78 is 0. The van der Waals surface area contributed by atoms with E-state index in [1.165, 1.54) is 11.8 Å². The lowest BCUT2D eigenvalue weighted by Gasteiger charge is -2.08. The van der Waals surface area contributed by atoms with Gasteiger partial charge in [0.05, 0.1) is 5.56 Å². The summed E-state index contributed by atoms with van der Waals surface area (Å²) in [4.78, 5) is 12.8. The molecule has 0 fully saturated rings. The van der Waals surface area contributed by atoms with Gasteiger partial charge in [-0.1, -0.05) is 35.5 Å². The van der Waals surface area contributed by atoms with Crippen LogP contribution in [0.2, 0.25) is 0 Å². The average Bonchev–Trinajstić information content (AvgIpc) is 2.34. The Labute approximate surface area is 110 Å². The predicted molar refractivity (Wildman–Crippen MR) is 73.1 cm³/mol. The maximum atomic E-state index is 11.2. The van der Waals surface area contributed by atoms with Crippen molar-refractivity contribution in [3.63, 3.8) is 0 Å². The van der Waals surface area contributed by atoms with Crippen molar-refractivity contribution in [3.8, 4) is 0 Å². The molecule has 0 spiro atoms. The molecule has 0 unspecified atom stereocenters. The molecule has 3 nitrogen and oxygen atoms in total. The van der Waals surface area contributed by atoms with Crippen LogP contribution in [0.5, 0.6) is 0 Å². The number of aromatic carboxylic acids is 1. The quantitative estimate of drug-likeness (QED) is 0.829. The van der Waals surface area contributed by atoms with Gasteiger partial charge in [0.2, 0.25) is 0 Å². The van der Waals surface area contributed by atoms with Gasteiger partial charge in [-0.3, -0.25) is 0 Å². The molecule has 0 aromatic heterocycles. The number of carboxylic acids is 1. The van der Waals surface area contributed by atoms with E-state index < -0.39 is 5.97 Å². The van der Waals surface area contributed by atoms with Gasteiger partial charge in [-0.05, 0) is 31.2 Å². The largest absolute Gasteiger partial charge is 0.478 e. The van der Waals surface area contributed by atoms with Crippen molar-refractivity contribution < 1.29 is 9.90 Å². The highest BCUT2D eigenvalue weighted by atomic mass is 32.2. The second-order valence-corrected chi connectivity index (χ2v) is 5.03. The van der Waals surface area contributed by atoms with Crippen molar-refractivity contribution in [2.24, 2.45) is 0 Å². The third-order valence-electron chi connectivity index (χ3n) is 2.50. The van der Waals surface area contributed by atoms with E-state index in [1.807, 2.05) is 37.3 Å². The molecule has 0 radical (unpaired) electrons. The van der Waals surface area contributed by atoms with Crippen LogP contribution in [0, 0.1) is 6.92 Å². The van der Waals surface area contributed by atoms with Crippen LogP contribution < -0.4 is 5.73 Å². The van der Waals surface area contributed by atoms with E-state index in [9.17, 15) is 9.90 Å². The summed E-state index contributed by atoms with van der Waals surface area (Å²) >= 11 is 1.37. The predicted octanol–water partition coefficient (Wildman–Crippen LogP) is 3.43. The molecule has 92 valence electrons. The SMILES string of the molecule is Cc1ccc(Sc2ccccc2N)c(C(=O)O)c1. The fourth-order valence-corrected chi connectivity index (χ4v) is 2.55. The zero-order valence-electron chi connectivity index (χ0n) is 9.88. The molecule has 2 rings (SSSR count). The molecule has 0 aliphatic heterocycles. The van der Waals surface area contributed by atoms with Crippen LogP contribution in [0.25, 0.3) is 0 Å². The van der Waals surface area contributed by atoms with Gasteiger partial charge in [-0.2, -0.15) is 0 Å². The van der Waals surface area contributed by atoms with E-state index in [0.717, 1.165) is 10.5 Å². The minimum atomic E-state index is -0.921. The van der Waals surface area contributed by atoms with E-state index >= 15 is 0 Å². The molecule has 0 saturated carbocycles. The number of anilines is 1. The number of benzene rings is 2. The molecule has 0 aliphatic rings. The van der Waals surface area contributed by atoms with Gasteiger partial charge in [-0.15, -0.1) is 0 Å². The number of aryl methyl sites for hydroxylation is 1. The molecule has 2 aromatic rings. The molecule has 2 aromatic carbocycles. The maximum Gasteiger partial charge on any atom is 0.336 e. The number of hydrogen-bond acceptors (Lipinski definition) is 3. The average molecular weight is 259 g/mol. The number of rotatable bonds is 3. The van der Waals surface area contributed by atoms with Crippen LogP contribution in [-0.2, 0) is 0 Å². The van der Waals surface area contributed by atoms with E-state index in [1.54, 1.807) is 12.1 Å². The Morgan fingerprint density at radius 3 is 2.56 bits per heavy atom. The lowest BCUT2D eigenvalue weighted by atomic mass is 10.1. The molecule has 4 heteroatoms. The normalized spacial score (nSPS) is 10.3. The van der Waals surface area contributed by atoms with E-state index in [-0.39, 0.29) is 0 Å². The molecule has 0 aliphatic carbocycles. The van der Waals surface area contributed by atoms with Gasteiger partial charge >= 0.3 is 5.97 Å². The first kappa shape index (κ1) is 12.5. The first-order valence-electron chi connectivity index (χ1n) is 5.44. The summed E-state index contributed by atoms with van der Waals surface area (Å²) in [6, 6.07) is 12.8. The Hall–Kier alpha value is -1.94. The highest BCUT2D eigenvalue weighted by molar-refractivity contribution is 7.99. The highest BCUT2D eigenvalue weighted by Gasteiger charge is 2.12. The maximum absolute atomic E-state index is 11.2. The molecule has 18 heavy (non-hydrogen) atoms. The number of carbonyl (C=O) groups is 1. The summed E-state index contributed by atoms with van der Waals surface area (Å²) in [6.45, 7) is 1.87. The summed E-state index contributed by atoms with van der Waals surface area (Å²) in [6.07, 6.45) is 0. The van der Waals surface area contributed by atoms with Gasteiger partial charge in [0.15, 0.2) is 0 Å². The number of hydrogen-bond donors (Lipinski definition) is 2. The Kier molecular flexibility index (Phi) is 3.58. The molecule has 0 atom stereocenters. The minimum absolute atomic E-state index is 0.309. The molecule has 0 amide bonds. The second-order valence-electron chi connectivity index (χ2n) is 3.94. The summed E-state index contributed by atoms with van der Waals surface area (Å²) in [5.41, 5.74) is 7.75. The molecule has 3 N–H and O–H groups in total. The standard InChI is InChI=1S/C14H13NO2S/c1-9-6-7-12(10(8-9)14(16)17)18-13-5-3-2-4-11(13)15/h2-8H,15H2,1H3,(H,16,17). The zero-order valence-corrected chi connectivity index (χ0v) is 10.7. The second kappa shape index (κ2) is 5.14. The van der Waals surface area contributed by atoms with Crippen LogP contribution in [-0.4, -0.2) is 11.1 Å². The van der Waals surface area contributed by atoms with Crippen molar-refractivity contribution in [1.82, 2.24) is 0 Å². The number of para-hydroxylation sites is 1. The summed E-state index contributed by atoms with van der Waals surface area (Å²) in [5, 5.41) is 9.19. The Morgan fingerprint density at radius 1 is 1.17 bits per heavy atom. The fraction of sp³-hybridized carbons (Fsp3) is 0.0714. The molecular formula is C14H13NO2S. The van der Waals surface area contributed by atoms with E-state index in [0.29, 0.717) is 16.1 Å². The van der Waals surface area contributed by atoms with Crippen molar-refractivity contribution in [1.29, 1.82) is 0 Å². The monoisotopic (exact) mass is 259 g/mol. The van der Waals surface area contributed by atoms with E-state index in [4.69, 9.17) is 5.73 Å². The van der Waals surface area contributed by atoms with Crippen LogP contribution in [0.15, 0.2) is 52.3 Å². The van der Waals surface area contributed by atoms with Crippen LogP contribution in [0.1, 0.15) is 15.9 Å². The summed E-state index contributed by atoms with van der Waals surface area (Å²) in [7, 11) is 0. The summed E-state index contributed by atoms with van der Waals surface area (Å²) in [5.74, 6) is -0.921. The van der Waals surface area contributed by atoms with Gasteiger partial charge in [0.1, 0.15) is 0 Å². The number of nitrogen functional groups attached to an aromatic ring is 1. The molecule has 0 heterocycles. The first-order valence-corrected chi connectivity index (χ1v) is 6.26. The van der Waals surface area contributed by atoms with Crippen LogP contribution in [0.4, 0.5) is 5.69 Å². The third kappa shape index (κ3) is 2.65. The van der Waals surface area contributed by atoms with Crippen molar-refractivity contribution in [3.05, 3.63) is 53.6 Å². The van der Waals surface area contributed by atoms with Crippen LogP contribution >= 0.6 is 11.8 Å². The first-order chi connectivity index (χ1) is 8.58. The van der Waals surface area contributed by atoms with Gasteiger partial charge in [0.25, 0.3) is 0 Å². The van der Waals surface area contributed by atoms with Crippen LogP contribution in [0.3, 0.4) is 0 Å². The smallest absolute Gasteiger partial charge is 0.336 e. The Bertz CT molecular complexity index is 596. The zero-order chi connectivity index (χ0) is 13.1. The van der Waals surface area contributed by atoms with Gasteiger partial charge in [0, 0.05) is 15.5 Å². The van der Waals surface area contributed by atoms with E-state index in [2.05, 4.69) is 0 Å². The molecule has 0 saturated heterocycles. The van der Waals surface area contributed by atoms with Gasteiger partial charge in [-0.25, -0.2) is 4.79 Å². The Balaban J connectivity index is 2.41. The fourth-order valence-electron chi connectivity index (χ4n) is 1.59. The molecular weight excluding hydrogens is 246 g/mol. The van der Waals surface area contributed by atoms with Gasteiger partial charge < -0.3 is 10.8 Å². The third-order valence-corrected chi connectivity index (χ3v) is 3.67. The lowest BCUT2D eigenvalue weighted by Crippen LogP contribution is -1.99. The number of carboxylic acid groups (broad SMARTS) is 1. The topological polar surface area (TPSA) is 63.3 Å². The van der Waals surface area contributed by atoms with Crippen molar-refractivity contribution in [2.75, 3.05) is 5.73 Å².